The van der Waals surface area contributed by atoms with E-state index in [-0.39, 0.29) is 47.6 Å². The summed E-state index contributed by atoms with van der Waals surface area (Å²) in [6, 6.07) is 45.5. The lowest BCUT2D eigenvalue weighted by molar-refractivity contribution is 1.08. The first-order chi connectivity index (χ1) is 30.7. The number of rotatable bonds is 5. The Morgan fingerprint density at radius 3 is 1.82 bits per heavy atom. The van der Waals surface area contributed by atoms with Crippen LogP contribution in [0.5, 0.6) is 0 Å². The third kappa shape index (κ3) is 5.41. The van der Waals surface area contributed by atoms with Crippen molar-refractivity contribution in [2.75, 3.05) is 0 Å². The molecule has 0 N–H and O–H groups in total. The van der Waals surface area contributed by atoms with E-state index in [1.54, 1.807) is 22.7 Å². The SMILES string of the molecule is [2H]c1c([2H])c(-c2ccc3c(c2)sc2ccccc23)c2c(sc3c([2H])c(-c4nc(-c5ccc(-c6ccccc6)cc5)nc(-c5cccc6sc7ccccc7c56)n4)c([2H])c([2H])c32)c1[2H]. The maximum Gasteiger partial charge on any atom is 0.164 e. The molecule has 0 aliphatic carbocycles. The molecule has 0 atom stereocenters. The predicted molar refractivity (Wildman–Crippen MR) is 246 cm³/mol. The minimum Gasteiger partial charge on any atom is -0.208 e. The van der Waals surface area contributed by atoms with E-state index >= 15 is 0 Å². The summed E-state index contributed by atoms with van der Waals surface area (Å²) in [4.78, 5) is 15.1. The van der Waals surface area contributed by atoms with Crippen LogP contribution in [-0.2, 0) is 0 Å². The second kappa shape index (κ2) is 13.0. The molecule has 8 aromatic carbocycles. The first-order valence-electron chi connectivity index (χ1n) is 21.4. The van der Waals surface area contributed by atoms with Crippen molar-refractivity contribution in [2.45, 2.75) is 0 Å². The van der Waals surface area contributed by atoms with Crippen molar-refractivity contribution in [3.05, 3.63) is 176 Å². The molecule has 0 saturated heterocycles. The van der Waals surface area contributed by atoms with E-state index in [4.69, 9.17) is 17.7 Å². The summed E-state index contributed by atoms with van der Waals surface area (Å²) in [5.41, 5.74) is 4.78. The van der Waals surface area contributed by atoms with E-state index in [0.717, 1.165) is 73.9 Å². The average molecular weight is 786 g/mol. The first-order valence-corrected chi connectivity index (χ1v) is 20.9. The summed E-state index contributed by atoms with van der Waals surface area (Å²) in [6.45, 7) is 0. The van der Waals surface area contributed by atoms with E-state index in [1.165, 1.54) is 0 Å². The van der Waals surface area contributed by atoms with Crippen molar-refractivity contribution in [3.8, 4) is 56.4 Å². The maximum atomic E-state index is 9.81. The zero-order valence-electron chi connectivity index (χ0n) is 35.8. The molecule has 4 aromatic heterocycles. The minimum atomic E-state index is -0.243. The van der Waals surface area contributed by atoms with Crippen molar-refractivity contribution in [2.24, 2.45) is 0 Å². The van der Waals surface area contributed by atoms with Crippen LogP contribution in [0.2, 0.25) is 0 Å². The molecule has 0 unspecified atom stereocenters. The molecular formula is C51H29N3S3. The molecule has 0 bridgehead atoms. The molecule has 3 nitrogen and oxygen atoms in total. The summed E-state index contributed by atoms with van der Waals surface area (Å²) < 4.78 is 61.4. The Kier molecular flexibility index (Phi) is 6.18. The normalized spacial score (nSPS) is 13.3. The van der Waals surface area contributed by atoms with Gasteiger partial charge in [0, 0.05) is 77.2 Å². The van der Waals surface area contributed by atoms with Crippen molar-refractivity contribution in [1.82, 2.24) is 15.0 Å². The molecular weight excluding hydrogens is 751 g/mol. The van der Waals surface area contributed by atoms with Crippen LogP contribution in [0.1, 0.15) is 8.22 Å². The van der Waals surface area contributed by atoms with Crippen molar-refractivity contribution in [1.29, 1.82) is 0 Å². The Bertz CT molecular complexity index is 3880. The van der Waals surface area contributed by atoms with Gasteiger partial charge in [-0.3, -0.25) is 0 Å². The van der Waals surface area contributed by atoms with Crippen molar-refractivity contribution < 1.29 is 8.22 Å². The highest BCUT2D eigenvalue weighted by atomic mass is 32.1. The lowest BCUT2D eigenvalue weighted by Crippen LogP contribution is -2.00. The van der Waals surface area contributed by atoms with Crippen molar-refractivity contribution in [3.63, 3.8) is 0 Å². The van der Waals surface area contributed by atoms with E-state index in [1.807, 2.05) is 97.1 Å². The monoisotopic (exact) mass is 785 g/mol. The summed E-state index contributed by atoms with van der Waals surface area (Å²) in [5, 5.41) is 5.04. The van der Waals surface area contributed by atoms with Crippen LogP contribution in [0.25, 0.3) is 117 Å². The second-order valence-electron chi connectivity index (χ2n) is 13.8. The zero-order chi connectivity index (χ0) is 42.7. The molecule has 0 saturated carbocycles. The second-order valence-corrected chi connectivity index (χ2v) is 17.0. The number of nitrogens with zero attached hydrogens (tertiary/aromatic N) is 3. The number of fused-ring (bicyclic) bond motifs is 9. The molecule has 0 amide bonds. The summed E-state index contributed by atoms with van der Waals surface area (Å²) in [5.74, 6) is 0.825. The highest BCUT2D eigenvalue weighted by molar-refractivity contribution is 7.26. The average Bonchev–Trinajstić information content (AvgIpc) is 4.02. The molecule has 0 aliphatic rings. The number of aromatic nitrogens is 3. The maximum absolute atomic E-state index is 9.81. The molecule has 4 heterocycles. The molecule has 0 spiro atoms. The van der Waals surface area contributed by atoms with Crippen LogP contribution in [0.3, 0.4) is 0 Å². The van der Waals surface area contributed by atoms with E-state index in [9.17, 15) is 5.48 Å². The van der Waals surface area contributed by atoms with E-state index in [0.29, 0.717) is 42.9 Å². The largest absolute Gasteiger partial charge is 0.208 e. The van der Waals surface area contributed by atoms with Crippen LogP contribution < -0.4 is 0 Å². The molecule has 266 valence electrons. The lowest BCUT2D eigenvalue weighted by atomic mass is 9.98. The Morgan fingerprint density at radius 1 is 0.351 bits per heavy atom. The van der Waals surface area contributed by atoms with Gasteiger partial charge in [-0.05, 0) is 58.6 Å². The highest BCUT2D eigenvalue weighted by Gasteiger charge is 2.19. The Balaban J connectivity index is 1.10. The van der Waals surface area contributed by atoms with Gasteiger partial charge in [-0.2, -0.15) is 0 Å². The topological polar surface area (TPSA) is 38.7 Å². The van der Waals surface area contributed by atoms with Gasteiger partial charge in [-0.25, -0.2) is 15.0 Å². The number of benzene rings is 8. The fourth-order valence-electron chi connectivity index (χ4n) is 7.80. The third-order valence-corrected chi connectivity index (χ3v) is 13.8. The van der Waals surface area contributed by atoms with Gasteiger partial charge in [-0.15, -0.1) is 34.0 Å². The first kappa shape index (κ1) is 27.1. The molecule has 12 rings (SSSR count). The van der Waals surface area contributed by atoms with Gasteiger partial charge in [-0.1, -0.05) is 139 Å². The molecule has 6 heteroatoms. The van der Waals surface area contributed by atoms with Crippen molar-refractivity contribution >= 4 is 94.5 Å². The quantitative estimate of drug-likeness (QED) is 0.174. The minimum absolute atomic E-state index is 0.0581. The highest BCUT2D eigenvalue weighted by Crippen LogP contribution is 2.44. The smallest absolute Gasteiger partial charge is 0.164 e. The zero-order valence-corrected chi connectivity index (χ0v) is 32.3. The lowest BCUT2D eigenvalue weighted by Gasteiger charge is -2.10. The fraction of sp³-hybridized carbons (Fsp3) is 0. The van der Waals surface area contributed by atoms with Gasteiger partial charge in [0.2, 0.25) is 0 Å². The third-order valence-electron chi connectivity index (χ3n) is 10.5. The van der Waals surface area contributed by atoms with Gasteiger partial charge in [0.05, 0.1) is 8.22 Å². The Morgan fingerprint density at radius 2 is 0.965 bits per heavy atom. The Labute approximate surface area is 348 Å². The van der Waals surface area contributed by atoms with Crippen LogP contribution in [0.4, 0.5) is 0 Å². The number of hydrogen-bond donors (Lipinski definition) is 0. The van der Waals surface area contributed by atoms with Gasteiger partial charge >= 0.3 is 0 Å². The van der Waals surface area contributed by atoms with Crippen LogP contribution >= 0.6 is 34.0 Å². The predicted octanol–water partition coefficient (Wildman–Crippen LogP) is 15.3. The molecule has 12 aromatic rings. The van der Waals surface area contributed by atoms with Gasteiger partial charge in [0.15, 0.2) is 17.5 Å². The molecule has 0 aliphatic heterocycles. The molecule has 0 fully saturated rings. The molecule has 57 heavy (non-hydrogen) atoms. The number of hydrogen-bond acceptors (Lipinski definition) is 6. The summed E-state index contributed by atoms with van der Waals surface area (Å²) >= 11 is 4.48. The van der Waals surface area contributed by atoms with E-state index < -0.39 is 0 Å². The number of thiophene rings is 3. The standard InChI is InChI=1S/C51H29N3S3/c1-2-10-30(11-3-1)31-20-22-32(23-21-31)49-52-50(54-51(53-49)40-15-9-19-44-48(40)38-13-5-7-17-42(38)55-44)34-25-27-39-46(29-34)57-43-18-8-14-35(47(39)43)33-24-26-37-36-12-4-6-16-41(36)56-45(37)28-33/h1-29H/i8D,14D,18D,25D,27D,29D. The van der Waals surface area contributed by atoms with E-state index in [2.05, 4.69) is 42.5 Å². The Hall–Kier alpha value is -6.57. The van der Waals surface area contributed by atoms with Gasteiger partial charge in [0.1, 0.15) is 0 Å². The van der Waals surface area contributed by atoms with Crippen LogP contribution in [0.15, 0.2) is 176 Å². The summed E-state index contributed by atoms with van der Waals surface area (Å²) in [7, 11) is 0. The van der Waals surface area contributed by atoms with Gasteiger partial charge < -0.3 is 0 Å². The van der Waals surface area contributed by atoms with Crippen LogP contribution in [0, 0.1) is 0 Å². The molecule has 0 radical (unpaired) electrons. The van der Waals surface area contributed by atoms with Crippen LogP contribution in [-0.4, -0.2) is 15.0 Å². The fourth-order valence-corrected chi connectivity index (χ4v) is 11.1. The summed E-state index contributed by atoms with van der Waals surface area (Å²) in [6.07, 6.45) is 0. The van der Waals surface area contributed by atoms with Gasteiger partial charge in [0.25, 0.3) is 0 Å².